The van der Waals surface area contributed by atoms with Gasteiger partial charge in [0, 0.05) is 18.7 Å². The second-order valence-electron chi connectivity index (χ2n) is 3.37. The molecule has 2 aromatic rings. The lowest BCUT2D eigenvalue weighted by atomic mass is 10.2. The lowest BCUT2D eigenvalue weighted by Gasteiger charge is -2.11. The summed E-state index contributed by atoms with van der Waals surface area (Å²) in [5.41, 5.74) is 0.554. The third kappa shape index (κ3) is 2.66. The van der Waals surface area contributed by atoms with Gasteiger partial charge in [0.05, 0.1) is 30.1 Å². The minimum Gasteiger partial charge on any atom is -0.383 e. The first kappa shape index (κ1) is 12.5. The van der Waals surface area contributed by atoms with Gasteiger partial charge in [0.1, 0.15) is 11.1 Å². The predicted molar refractivity (Wildman–Crippen MR) is 65.3 cm³/mol. The molecule has 17 heavy (non-hydrogen) atoms. The van der Waals surface area contributed by atoms with E-state index in [9.17, 15) is 5.11 Å². The van der Waals surface area contributed by atoms with Crippen LogP contribution in [-0.2, 0) is 11.3 Å². The second kappa shape index (κ2) is 5.59. The average Bonchev–Trinajstić information content (AvgIpc) is 2.95. The monoisotopic (exact) mass is 273 g/mol. The molecule has 0 fully saturated rings. The quantitative estimate of drug-likeness (QED) is 0.901. The van der Waals surface area contributed by atoms with Crippen LogP contribution in [0.1, 0.15) is 16.8 Å². The maximum atomic E-state index is 10.2. The van der Waals surface area contributed by atoms with E-state index in [-0.39, 0.29) is 0 Å². The Bertz CT molecular complexity index is 472. The largest absolute Gasteiger partial charge is 0.383 e. The second-order valence-corrected chi connectivity index (χ2v) is 4.70. The van der Waals surface area contributed by atoms with Crippen LogP contribution in [0.15, 0.2) is 17.8 Å². The molecule has 0 aromatic carbocycles. The van der Waals surface area contributed by atoms with Crippen molar-refractivity contribution in [3.05, 3.63) is 33.5 Å². The van der Waals surface area contributed by atoms with Gasteiger partial charge in [-0.3, -0.25) is 4.68 Å². The Morgan fingerprint density at radius 3 is 3.12 bits per heavy atom. The highest BCUT2D eigenvalue weighted by Gasteiger charge is 2.21. The third-order valence-corrected chi connectivity index (χ3v) is 3.40. The third-order valence-electron chi connectivity index (χ3n) is 2.28. The molecule has 2 aromatic heterocycles. The molecule has 1 atom stereocenters. The molecule has 0 bridgehead atoms. The average molecular weight is 274 g/mol. The standard InChI is InChI=1S/C10H12ClN3O2S/c1-16-4-3-14-8(7(11)6-13-14)9(15)10-12-2-5-17-10/h2,5-6,9,15H,3-4H2,1H3. The summed E-state index contributed by atoms with van der Waals surface area (Å²) < 4.78 is 6.62. The highest BCUT2D eigenvalue weighted by Crippen LogP contribution is 2.29. The Morgan fingerprint density at radius 2 is 2.47 bits per heavy atom. The van der Waals surface area contributed by atoms with E-state index in [0.29, 0.717) is 28.9 Å². The molecule has 2 rings (SSSR count). The summed E-state index contributed by atoms with van der Waals surface area (Å²) in [4.78, 5) is 4.07. The van der Waals surface area contributed by atoms with Crippen LogP contribution in [0, 0.1) is 0 Å². The molecule has 0 spiro atoms. The summed E-state index contributed by atoms with van der Waals surface area (Å²) in [7, 11) is 1.61. The lowest BCUT2D eigenvalue weighted by Crippen LogP contribution is -2.13. The van der Waals surface area contributed by atoms with Gasteiger partial charge < -0.3 is 9.84 Å². The molecule has 2 heterocycles. The van der Waals surface area contributed by atoms with E-state index in [1.807, 2.05) is 5.38 Å². The number of methoxy groups -OCH3 is 1. The molecular weight excluding hydrogens is 262 g/mol. The number of aliphatic hydroxyl groups is 1. The predicted octanol–water partition coefficient (Wildman–Crippen LogP) is 1.72. The van der Waals surface area contributed by atoms with Gasteiger partial charge in [0.15, 0.2) is 0 Å². The van der Waals surface area contributed by atoms with Crippen molar-refractivity contribution in [2.24, 2.45) is 0 Å². The maximum Gasteiger partial charge on any atom is 0.148 e. The van der Waals surface area contributed by atoms with Gasteiger partial charge in [-0.2, -0.15) is 5.10 Å². The molecule has 0 saturated carbocycles. The first-order chi connectivity index (χ1) is 8.24. The van der Waals surface area contributed by atoms with Crippen LogP contribution in [0.25, 0.3) is 0 Å². The Balaban J connectivity index is 2.27. The number of nitrogens with zero attached hydrogens (tertiary/aromatic N) is 3. The molecule has 5 nitrogen and oxygen atoms in total. The molecular formula is C10H12ClN3O2S. The Labute approximate surface area is 108 Å². The molecule has 0 aliphatic heterocycles. The molecule has 0 radical (unpaired) electrons. The Kier molecular flexibility index (Phi) is 4.11. The SMILES string of the molecule is COCCn1ncc(Cl)c1C(O)c1nccs1. The van der Waals surface area contributed by atoms with Gasteiger partial charge in [-0.05, 0) is 0 Å². The van der Waals surface area contributed by atoms with Gasteiger partial charge in [0.25, 0.3) is 0 Å². The van der Waals surface area contributed by atoms with Gasteiger partial charge in [-0.15, -0.1) is 11.3 Å². The van der Waals surface area contributed by atoms with Crippen molar-refractivity contribution in [2.75, 3.05) is 13.7 Å². The fraction of sp³-hybridized carbons (Fsp3) is 0.400. The Morgan fingerprint density at radius 1 is 1.65 bits per heavy atom. The zero-order chi connectivity index (χ0) is 12.3. The molecule has 0 amide bonds. The van der Waals surface area contributed by atoms with Crippen LogP contribution in [0.2, 0.25) is 5.02 Å². The molecule has 0 saturated heterocycles. The molecule has 92 valence electrons. The van der Waals surface area contributed by atoms with Crippen LogP contribution in [-0.4, -0.2) is 33.6 Å². The van der Waals surface area contributed by atoms with E-state index in [4.69, 9.17) is 16.3 Å². The van der Waals surface area contributed by atoms with Crippen LogP contribution < -0.4 is 0 Å². The minimum absolute atomic E-state index is 0.434. The molecule has 7 heteroatoms. The van der Waals surface area contributed by atoms with E-state index in [2.05, 4.69) is 10.1 Å². The van der Waals surface area contributed by atoms with Crippen LogP contribution in [0.3, 0.4) is 0 Å². The number of aromatic nitrogens is 3. The van der Waals surface area contributed by atoms with Crippen molar-refractivity contribution in [3.63, 3.8) is 0 Å². The summed E-state index contributed by atoms with van der Waals surface area (Å²) >= 11 is 7.41. The first-order valence-electron chi connectivity index (χ1n) is 5.01. The minimum atomic E-state index is -0.846. The Hall–Kier alpha value is -0.950. The van der Waals surface area contributed by atoms with Crippen molar-refractivity contribution in [3.8, 4) is 0 Å². The topological polar surface area (TPSA) is 60.2 Å². The van der Waals surface area contributed by atoms with E-state index in [1.165, 1.54) is 17.5 Å². The van der Waals surface area contributed by atoms with Crippen molar-refractivity contribution in [2.45, 2.75) is 12.6 Å². The van der Waals surface area contributed by atoms with Crippen LogP contribution in [0.5, 0.6) is 0 Å². The van der Waals surface area contributed by atoms with E-state index in [1.54, 1.807) is 18.0 Å². The van der Waals surface area contributed by atoms with Crippen LogP contribution in [0.4, 0.5) is 0 Å². The van der Waals surface area contributed by atoms with Crippen molar-refractivity contribution < 1.29 is 9.84 Å². The highest BCUT2D eigenvalue weighted by atomic mass is 35.5. The summed E-state index contributed by atoms with van der Waals surface area (Å²) in [6.07, 6.45) is 2.32. The normalized spacial score (nSPS) is 12.9. The summed E-state index contributed by atoms with van der Waals surface area (Å²) in [5, 5.41) is 17.1. The number of ether oxygens (including phenoxy) is 1. The van der Waals surface area contributed by atoms with E-state index < -0.39 is 6.10 Å². The van der Waals surface area contributed by atoms with Gasteiger partial charge in [-0.25, -0.2) is 4.98 Å². The fourth-order valence-corrected chi connectivity index (χ4v) is 2.35. The summed E-state index contributed by atoms with van der Waals surface area (Å²) in [6.45, 7) is 1.05. The molecule has 1 unspecified atom stereocenters. The lowest BCUT2D eigenvalue weighted by molar-refractivity contribution is 0.171. The van der Waals surface area contributed by atoms with Crippen molar-refractivity contribution >= 4 is 22.9 Å². The number of hydrogen-bond donors (Lipinski definition) is 1. The molecule has 0 aliphatic carbocycles. The highest BCUT2D eigenvalue weighted by molar-refractivity contribution is 7.09. The number of hydrogen-bond acceptors (Lipinski definition) is 5. The fourth-order valence-electron chi connectivity index (χ4n) is 1.49. The number of halogens is 1. The van der Waals surface area contributed by atoms with E-state index in [0.717, 1.165) is 0 Å². The summed E-state index contributed by atoms with van der Waals surface area (Å²) in [5.74, 6) is 0. The van der Waals surface area contributed by atoms with Crippen molar-refractivity contribution in [1.82, 2.24) is 14.8 Å². The van der Waals surface area contributed by atoms with Gasteiger partial charge >= 0.3 is 0 Å². The first-order valence-corrected chi connectivity index (χ1v) is 6.27. The zero-order valence-corrected chi connectivity index (χ0v) is 10.8. The molecule has 0 aliphatic rings. The maximum absolute atomic E-state index is 10.2. The zero-order valence-electron chi connectivity index (χ0n) is 9.21. The van der Waals surface area contributed by atoms with Gasteiger partial charge in [0.2, 0.25) is 0 Å². The number of aliphatic hydroxyl groups excluding tert-OH is 1. The van der Waals surface area contributed by atoms with Crippen LogP contribution >= 0.6 is 22.9 Å². The molecule has 1 N–H and O–H groups in total. The van der Waals surface area contributed by atoms with E-state index >= 15 is 0 Å². The number of thiazole rings is 1. The van der Waals surface area contributed by atoms with Gasteiger partial charge in [-0.1, -0.05) is 11.6 Å². The summed E-state index contributed by atoms with van der Waals surface area (Å²) in [6, 6.07) is 0. The smallest absolute Gasteiger partial charge is 0.148 e. The number of rotatable bonds is 5. The van der Waals surface area contributed by atoms with Crippen molar-refractivity contribution in [1.29, 1.82) is 0 Å².